The fourth-order valence-electron chi connectivity index (χ4n) is 3.79. The third-order valence-corrected chi connectivity index (χ3v) is 4.92. The SMILES string of the molecule is Cc1cc(=O)oc(C)c1C(=O)N[C@H]1C[C@H]2CNC[C@H]2C[C@@H]1O.Cl. The summed E-state index contributed by atoms with van der Waals surface area (Å²) in [7, 11) is 0. The lowest BCUT2D eigenvalue weighted by molar-refractivity contribution is 0.0460. The van der Waals surface area contributed by atoms with E-state index < -0.39 is 11.7 Å². The van der Waals surface area contributed by atoms with Crippen LogP contribution in [0.3, 0.4) is 0 Å². The zero-order valence-corrected chi connectivity index (χ0v) is 14.1. The first-order valence-electron chi connectivity index (χ1n) is 7.76. The summed E-state index contributed by atoms with van der Waals surface area (Å²) in [5, 5.41) is 16.5. The average molecular weight is 343 g/mol. The first-order valence-corrected chi connectivity index (χ1v) is 7.76. The standard InChI is InChI=1S/C16H22N2O4.ClH/c1-8-3-14(20)22-9(2)15(8)16(21)18-12-4-10-6-17-7-11(10)5-13(12)19;/h3,10-13,17,19H,4-7H2,1-2H3,(H,18,21);1H/t10-,11+,12-,13-;/m0./s1. The number of rotatable bonds is 2. The summed E-state index contributed by atoms with van der Waals surface area (Å²) in [6.07, 6.45) is 0.964. The molecule has 0 aromatic carbocycles. The molecule has 1 saturated heterocycles. The van der Waals surface area contributed by atoms with Gasteiger partial charge >= 0.3 is 5.63 Å². The van der Waals surface area contributed by atoms with Gasteiger partial charge in [0.25, 0.3) is 5.91 Å². The topological polar surface area (TPSA) is 91.6 Å². The number of aliphatic hydroxyl groups is 1. The number of nitrogens with one attached hydrogen (secondary N) is 2. The van der Waals surface area contributed by atoms with Crippen LogP contribution in [-0.4, -0.2) is 36.2 Å². The lowest BCUT2D eigenvalue weighted by Gasteiger charge is -2.35. The minimum Gasteiger partial charge on any atom is -0.427 e. The molecular formula is C16H23ClN2O4. The molecule has 1 aromatic rings. The van der Waals surface area contributed by atoms with Crippen molar-refractivity contribution < 1.29 is 14.3 Å². The van der Waals surface area contributed by atoms with Crippen molar-refractivity contribution in [3.63, 3.8) is 0 Å². The molecule has 0 unspecified atom stereocenters. The van der Waals surface area contributed by atoms with Crippen molar-refractivity contribution in [3.05, 3.63) is 33.4 Å². The predicted octanol–water partition coefficient (Wildman–Crippen LogP) is 0.767. The highest BCUT2D eigenvalue weighted by Gasteiger charge is 2.39. The van der Waals surface area contributed by atoms with Crippen LogP contribution in [0.15, 0.2) is 15.3 Å². The van der Waals surface area contributed by atoms with E-state index in [-0.39, 0.29) is 24.4 Å². The van der Waals surface area contributed by atoms with Crippen LogP contribution in [-0.2, 0) is 0 Å². The fourth-order valence-corrected chi connectivity index (χ4v) is 3.79. The number of hydrogen-bond donors (Lipinski definition) is 3. The lowest BCUT2D eigenvalue weighted by atomic mass is 9.77. The lowest BCUT2D eigenvalue weighted by Crippen LogP contribution is -2.49. The molecule has 1 amide bonds. The van der Waals surface area contributed by atoms with Crippen LogP contribution in [0.1, 0.15) is 34.5 Å². The Morgan fingerprint density at radius 2 is 1.96 bits per heavy atom. The Balaban J connectivity index is 0.00000192. The quantitative estimate of drug-likeness (QED) is 0.738. The van der Waals surface area contributed by atoms with Crippen LogP contribution in [0.2, 0.25) is 0 Å². The van der Waals surface area contributed by atoms with Gasteiger partial charge in [0.1, 0.15) is 5.76 Å². The highest BCUT2D eigenvalue weighted by molar-refractivity contribution is 5.96. The maximum absolute atomic E-state index is 12.5. The molecule has 3 N–H and O–H groups in total. The number of hydrogen-bond acceptors (Lipinski definition) is 5. The van der Waals surface area contributed by atoms with E-state index in [9.17, 15) is 14.7 Å². The highest BCUT2D eigenvalue weighted by Crippen LogP contribution is 2.33. The number of aliphatic hydroxyl groups excluding tert-OH is 1. The van der Waals surface area contributed by atoms with Gasteiger partial charge in [0.05, 0.1) is 17.7 Å². The Bertz CT molecular complexity index is 619. The minimum absolute atomic E-state index is 0. The molecule has 7 heteroatoms. The van der Waals surface area contributed by atoms with Crippen LogP contribution in [0.25, 0.3) is 0 Å². The van der Waals surface area contributed by atoms with Gasteiger partial charge in [-0.1, -0.05) is 0 Å². The third kappa shape index (κ3) is 3.59. The van der Waals surface area contributed by atoms with Crippen molar-refractivity contribution in [2.45, 2.75) is 38.8 Å². The Hall–Kier alpha value is -1.37. The van der Waals surface area contributed by atoms with Crippen LogP contribution in [0.5, 0.6) is 0 Å². The second-order valence-electron chi connectivity index (χ2n) is 6.48. The van der Waals surface area contributed by atoms with Crippen molar-refractivity contribution in [1.82, 2.24) is 10.6 Å². The fraction of sp³-hybridized carbons (Fsp3) is 0.625. The molecule has 2 aliphatic rings. The molecule has 6 nitrogen and oxygen atoms in total. The molecule has 1 aliphatic carbocycles. The summed E-state index contributed by atoms with van der Waals surface area (Å²) >= 11 is 0. The van der Waals surface area contributed by atoms with Crippen molar-refractivity contribution in [2.24, 2.45) is 11.8 Å². The van der Waals surface area contributed by atoms with Crippen molar-refractivity contribution in [3.8, 4) is 0 Å². The summed E-state index contributed by atoms with van der Waals surface area (Å²) in [5.41, 5.74) is 0.527. The molecule has 1 aromatic heterocycles. The summed E-state index contributed by atoms with van der Waals surface area (Å²) in [5.74, 6) is 1.03. The zero-order chi connectivity index (χ0) is 15.9. The van der Waals surface area contributed by atoms with Crippen molar-refractivity contribution in [1.29, 1.82) is 0 Å². The van der Waals surface area contributed by atoms with E-state index in [2.05, 4.69) is 10.6 Å². The predicted molar refractivity (Wildman–Crippen MR) is 88.0 cm³/mol. The molecule has 2 fully saturated rings. The molecule has 2 heterocycles. The summed E-state index contributed by atoms with van der Waals surface area (Å²) in [4.78, 5) is 23.8. The van der Waals surface area contributed by atoms with E-state index in [0.717, 1.165) is 19.5 Å². The molecular weight excluding hydrogens is 320 g/mol. The summed E-state index contributed by atoms with van der Waals surface area (Å²) in [6, 6.07) is 1.07. The van der Waals surface area contributed by atoms with Gasteiger partial charge in [-0.2, -0.15) is 0 Å². The number of fused-ring (bicyclic) bond motifs is 1. The zero-order valence-electron chi connectivity index (χ0n) is 13.3. The van der Waals surface area contributed by atoms with Gasteiger partial charge in [-0.25, -0.2) is 4.79 Å². The second-order valence-corrected chi connectivity index (χ2v) is 6.48. The van der Waals surface area contributed by atoms with E-state index in [1.54, 1.807) is 13.8 Å². The first-order chi connectivity index (χ1) is 10.5. The van der Waals surface area contributed by atoms with Crippen LogP contribution in [0.4, 0.5) is 0 Å². The van der Waals surface area contributed by atoms with Gasteiger partial charge in [-0.15, -0.1) is 12.4 Å². The molecule has 0 radical (unpaired) electrons. The Labute approximate surface area is 141 Å². The summed E-state index contributed by atoms with van der Waals surface area (Å²) in [6.45, 7) is 5.22. The highest BCUT2D eigenvalue weighted by atomic mass is 35.5. The molecule has 3 rings (SSSR count). The van der Waals surface area contributed by atoms with E-state index in [4.69, 9.17) is 4.42 Å². The van der Waals surface area contributed by atoms with Gasteiger partial charge < -0.3 is 20.2 Å². The molecule has 4 atom stereocenters. The second kappa shape index (κ2) is 7.03. The molecule has 0 spiro atoms. The Kier molecular flexibility index (Phi) is 5.49. The smallest absolute Gasteiger partial charge is 0.336 e. The van der Waals surface area contributed by atoms with Gasteiger partial charge in [-0.3, -0.25) is 4.79 Å². The van der Waals surface area contributed by atoms with Gasteiger partial charge in [0.15, 0.2) is 0 Å². The van der Waals surface area contributed by atoms with E-state index in [1.807, 2.05) is 0 Å². The largest absolute Gasteiger partial charge is 0.427 e. The maximum Gasteiger partial charge on any atom is 0.336 e. The number of carbonyl (C=O) groups is 1. The van der Waals surface area contributed by atoms with Crippen molar-refractivity contribution in [2.75, 3.05) is 13.1 Å². The van der Waals surface area contributed by atoms with Crippen LogP contribution in [0, 0.1) is 25.7 Å². The number of carbonyl (C=O) groups excluding carboxylic acids is 1. The number of halogens is 1. The van der Waals surface area contributed by atoms with E-state index in [0.29, 0.717) is 35.1 Å². The normalized spacial score (nSPS) is 29.5. The molecule has 0 bridgehead atoms. The monoisotopic (exact) mass is 342 g/mol. The molecule has 23 heavy (non-hydrogen) atoms. The Morgan fingerprint density at radius 1 is 1.30 bits per heavy atom. The first kappa shape index (κ1) is 18.0. The van der Waals surface area contributed by atoms with Gasteiger partial charge in [0, 0.05) is 6.07 Å². The van der Waals surface area contributed by atoms with Crippen LogP contribution < -0.4 is 16.3 Å². The maximum atomic E-state index is 12.5. The molecule has 128 valence electrons. The minimum atomic E-state index is -0.526. The molecule has 1 saturated carbocycles. The average Bonchev–Trinajstić information content (AvgIpc) is 2.84. The van der Waals surface area contributed by atoms with E-state index in [1.165, 1.54) is 6.07 Å². The van der Waals surface area contributed by atoms with Crippen molar-refractivity contribution >= 4 is 18.3 Å². The molecule has 1 aliphatic heterocycles. The number of amides is 1. The number of aryl methyl sites for hydroxylation is 2. The van der Waals surface area contributed by atoms with Crippen LogP contribution >= 0.6 is 12.4 Å². The van der Waals surface area contributed by atoms with E-state index >= 15 is 0 Å². The van der Waals surface area contributed by atoms with Gasteiger partial charge in [0.2, 0.25) is 0 Å². The summed E-state index contributed by atoms with van der Waals surface area (Å²) < 4.78 is 5.01. The van der Waals surface area contributed by atoms with Gasteiger partial charge in [-0.05, 0) is 57.2 Å². The Morgan fingerprint density at radius 3 is 2.61 bits per heavy atom. The third-order valence-electron chi connectivity index (χ3n) is 4.92.